The molecule has 3 N–H and O–H groups in total. The lowest BCUT2D eigenvalue weighted by molar-refractivity contribution is 0.0938. The predicted molar refractivity (Wildman–Crippen MR) is 97.1 cm³/mol. The second-order valence-electron chi connectivity index (χ2n) is 5.83. The van der Waals surface area contributed by atoms with Gasteiger partial charge in [-0.3, -0.25) is 4.79 Å². The first-order valence-electron chi connectivity index (χ1n) is 8.30. The van der Waals surface area contributed by atoms with Gasteiger partial charge in [-0.25, -0.2) is 9.97 Å². The molecule has 7 heteroatoms. The number of furan rings is 1. The van der Waals surface area contributed by atoms with Gasteiger partial charge in [-0.15, -0.1) is 0 Å². The Kier molecular flexibility index (Phi) is 5.95. The molecule has 26 heavy (non-hydrogen) atoms. The Morgan fingerprint density at radius 1 is 1.12 bits per heavy atom. The van der Waals surface area contributed by atoms with Gasteiger partial charge in [0.2, 0.25) is 5.95 Å². The molecule has 1 amide bonds. The quantitative estimate of drug-likeness (QED) is 0.576. The van der Waals surface area contributed by atoms with Crippen LogP contribution in [0.4, 0.5) is 11.6 Å². The minimum atomic E-state index is -0.283. The van der Waals surface area contributed by atoms with E-state index in [4.69, 9.17) is 4.42 Å². The van der Waals surface area contributed by atoms with Crippen molar-refractivity contribution in [1.82, 2.24) is 15.3 Å². The first-order valence-corrected chi connectivity index (χ1v) is 8.30. The molecule has 0 spiro atoms. The van der Waals surface area contributed by atoms with Crippen molar-refractivity contribution in [2.24, 2.45) is 5.92 Å². The third-order valence-electron chi connectivity index (χ3n) is 3.82. The first kappa shape index (κ1) is 17.6. The van der Waals surface area contributed by atoms with Crippen LogP contribution in [0.3, 0.4) is 0 Å². The van der Waals surface area contributed by atoms with E-state index in [1.54, 1.807) is 12.3 Å². The van der Waals surface area contributed by atoms with Crippen LogP contribution < -0.4 is 10.6 Å². The second-order valence-corrected chi connectivity index (χ2v) is 5.83. The predicted octanol–water partition coefficient (Wildman–Crippen LogP) is 2.39. The number of carbonyl (C=O) groups excluding carboxylic acids is 1. The van der Waals surface area contributed by atoms with E-state index in [-0.39, 0.29) is 18.4 Å². The molecule has 0 aliphatic heterocycles. The Bertz CT molecular complexity index is 805. The molecule has 7 nitrogen and oxygen atoms in total. The molecular weight excluding hydrogens is 332 g/mol. The van der Waals surface area contributed by atoms with Gasteiger partial charge in [0.15, 0.2) is 0 Å². The lowest BCUT2D eigenvalue weighted by atomic mass is 10.1. The summed E-state index contributed by atoms with van der Waals surface area (Å²) in [4.78, 5) is 20.5. The Morgan fingerprint density at radius 3 is 2.54 bits per heavy atom. The minimum Gasteiger partial charge on any atom is -0.469 e. The summed E-state index contributed by atoms with van der Waals surface area (Å²) >= 11 is 0. The number of benzene rings is 1. The molecule has 0 saturated heterocycles. The van der Waals surface area contributed by atoms with Crippen LogP contribution in [-0.4, -0.2) is 34.1 Å². The van der Waals surface area contributed by atoms with Crippen molar-refractivity contribution in [2.45, 2.75) is 6.42 Å². The number of hydrogen-bond donors (Lipinski definition) is 3. The van der Waals surface area contributed by atoms with Crippen molar-refractivity contribution in [2.75, 3.05) is 18.5 Å². The van der Waals surface area contributed by atoms with E-state index in [1.165, 1.54) is 12.4 Å². The van der Waals surface area contributed by atoms with E-state index < -0.39 is 0 Å². The summed E-state index contributed by atoms with van der Waals surface area (Å²) in [6.07, 6.45) is 5.08. The average Bonchev–Trinajstić information content (AvgIpc) is 3.19. The molecule has 3 aromatic rings. The highest BCUT2D eigenvalue weighted by atomic mass is 16.3. The molecule has 2 aromatic heterocycles. The van der Waals surface area contributed by atoms with E-state index in [1.807, 2.05) is 36.4 Å². The number of nitrogens with zero attached hydrogens (tertiary/aromatic N) is 2. The highest BCUT2D eigenvalue weighted by molar-refractivity contribution is 5.93. The number of aliphatic hydroxyl groups excluding tert-OH is 1. The number of anilines is 2. The van der Waals surface area contributed by atoms with Crippen molar-refractivity contribution < 1.29 is 14.3 Å². The van der Waals surface area contributed by atoms with E-state index in [0.29, 0.717) is 24.5 Å². The smallest absolute Gasteiger partial charge is 0.254 e. The number of hydrogen-bond acceptors (Lipinski definition) is 6. The average molecular weight is 352 g/mol. The fraction of sp³-hybridized carbons (Fsp3) is 0.211. The number of rotatable bonds is 8. The molecule has 0 bridgehead atoms. The molecule has 0 saturated carbocycles. The Hall–Kier alpha value is -3.19. The maximum Gasteiger partial charge on any atom is 0.254 e. The summed E-state index contributed by atoms with van der Waals surface area (Å²) in [6, 6.07) is 13.2. The van der Waals surface area contributed by atoms with E-state index >= 15 is 0 Å². The lowest BCUT2D eigenvalue weighted by Crippen LogP contribution is -2.32. The number of aliphatic hydroxyl groups is 1. The fourth-order valence-corrected chi connectivity index (χ4v) is 2.41. The second kappa shape index (κ2) is 8.77. The Labute approximate surface area is 151 Å². The molecule has 1 atom stereocenters. The molecular formula is C19H20N4O3. The number of para-hydroxylation sites is 1. The summed E-state index contributed by atoms with van der Waals surface area (Å²) in [5, 5.41) is 15.3. The highest BCUT2D eigenvalue weighted by Crippen LogP contribution is 2.12. The van der Waals surface area contributed by atoms with Crippen molar-refractivity contribution in [1.29, 1.82) is 0 Å². The monoisotopic (exact) mass is 352 g/mol. The lowest BCUT2D eigenvalue weighted by Gasteiger charge is -2.13. The molecule has 0 aliphatic carbocycles. The summed E-state index contributed by atoms with van der Waals surface area (Å²) in [5.74, 6) is 0.788. The first-order chi connectivity index (χ1) is 12.7. The van der Waals surface area contributed by atoms with Gasteiger partial charge in [-0.2, -0.15) is 0 Å². The SMILES string of the molecule is O=C(NC[C@@H](CO)Cc1ccco1)c1cnc(Nc2ccccc2)nc1. The normalized spacial score (nSPS) is 11.7. The summed E-state index contributed by atoms with van der Waals surface area (Å²) in [6.45, 7) is 0.289. The van der Waals surface area contributed by atoms with Gasteiger partial charge in [-0.1, -0.05) is 18.2 Å². The maximum absolute atomic E-state index is 12.2. The van der Waals surface area contributed by atoms with Crippen molar-refractivity contribution in [3.05, 3.63) is 72.4 Å². The summed E-state index contributed by atoms with van der Waals surface area (Å²) in [5.41, 5.74) is 1.23. The van der Waals surface area contributed by atoms with E-state index in [9.17, 15) is 9.90 Å². The molecule has 134 valence electrons. The minimum absolute atomic E-state index is 0.0442. The zero-order chi connectivity index (χ0) is 18.2. The molecule has 1 aromatic carbocycles. The molecule has 0 aliphatic rings. The van der Waals surface area contributed by atoms with Gasteiger partial charge in [0.1, 0.15) is 5.76 Å². The van der Waals surface area contributed by atoms with Crippen LogP contribution in [0.25, 0.3) is 0 Å². The van der Waals surface area contributed by atoms with Crippen LogP contribution in [0, 0.1) is 5.92 Å². The number of amides is 1. The highest BCUT2D eigenvalue weighted by Gasteiger charge is 2.13. The standard InChI is InChI=1S/C19H20N4O3/c24-13-14(9-17-7-4-8-26-17)10-20-18(25)15-11-21-19(22-12-15)23-16-5-2-1-3-6-16/h1-8,11-12,14,24H,9-10,13H2,(H,20,25)(H,21,22,23)/t14-/m0/s1. The van der Waals surface area contributed by atoms with Crippen molar-refractivity contribution >= 4 is 17.5 Å². The van der Waals surface area contributed by atoms with E-state index in [2.05, 4.69) is 20.6 Å². The van der Waals surface area contributed by atoms with Crippen molar-refractivity contribution in [3.8, 4) is 0 Å². The Balaban J connectivity index is 1.52. The summed E-state index contributed by atoms with van der Waals surface area (Å²) in [7, 11) is 0. The third kappa shape index (κ3) is 4.90. The largest absolute Gasteiger partial charge is 0.469 e. The van der Waals surface area contributed by atoms with Gasteiger partial charge >= 0.3 is 0 Å². The third-order valence-corrected chi connectivity index (χ3v) is 3.82. The van der Waals surface area contributed by atoms with Crippen LogP contribution in [0.2, 0.25) is 0 Å². The van der Waals surface area contributed by atoms with E-state index in [0.717, 1.165) is 11.4 Å². The van der Waals surface area contributed by atoms with Gasteiger partial charge in [0, 0.05) is 43.6 Å². The van der Waals surface area contributed by atoms with Crippen molar-refractivity contribution in [3.63, 3.8) is 0 Å². The maximum atomic E-state index is 12.2. The van der Waals surface area contributed by atoms with Gasteiger partial charge < -0.3 is 20.2 Å². The van der Waals surface area contributed by atoms with Crippen LogP contribution in [-0.2, 0) is 6.42 Å². The summed E-state index contributed by atoms with van der Waals surface area (Å²) < 4.78 is 5.27. The van der Waals surface area contributed by atoms with Crippen LogP contribution >= 0.6 is 0 Å². The van der Waals surface area contributed by atoms with Gasteiger partial charge in [-0.05, 0) is 24.3 Å². The van der Waals surface area contributed by atoms with Crippen LogP contribution in [0.5, 0.6) is 0 Å². The zero-order valence-corrected chi connectivity index (χ0v) is 14.1. The molecule has 0 fully saturated rings. The zero-order valence-electron chi connectivity index (χ0n) is 14.1. The van der Waals surface area contributed by atoms with Crippen LogP contribution in [0.15, 0.2) is 65.5 Å². The van der Waals surface area contributed by atoms with Crippen LogP contribution in [0.1, 0.15) is 16.1 Å². The molecule has 3 rings (SSSR count). The number of aromatic nitrogens is 2. The number of carbonyl (C=O) groups is 1. The topological polar surface area (TPSA) is 100 Å². The number of nitrogens with one attached hydrogen (secondary N) is 2. The van der Waals surface area contributed by atoms with Gasteiger partial charge in [0.25, 0.3) is 5.91 Å². The molecule has 2 heterocycles. The molecule has 0 radical (unpaired) electrons. The molecule has 0 unspecified atom stereocenters. The Morgan fingerprint density at radius 2 is 1.88 bits per heavy atom. The fourth-order valence-electron chi connectivity index (χ4n) is 2.41. The van der Waals surface area contributed by atoms with Gasteiger partial charge in [0.05, 0.1) is 11.8 Å².